The van der Waals surface area contributed by atoms with Crippen LogP contribution < -0.4 is 19.8 Å². The summed E-state index contributed by atoms with van der Waals surface area (Å²) < 4.78 is 18.8. The summed E-state index contributed by atoms with van der Waals surface area (Å²) in [4.78, 5) is 36.3. The Bertz CT molecular complexity index is 1870. The van der Waals surface area contributed by atoms with E-state index in [4.69, 9.17) is 14.2 Å². The van der Waals surface area contributed by atoms with E-state index in [1.807, 2.05) is 42.3 Å². The molecule has 0 bridgehead atoms. The molecule has 0 N–H and O–H groups in total. The van der Waals surface area contributed by atoms with Crippen LogP contribution >= 0.6 is 0 Å². The smallest absolute Gasteiger partial charge is 0.267 e. The van der Waals surface area contributed by atoms with Crippen molar-refractivity contribution in [1.29, 1.82) is 0 Å². The number of nitrogens with zero attached hydrogens (tertiary/aromatic N) is 4. The molecule has 0 spiro atoms. The van der Waals surface area contributed by atoms with Crippen LogP contribution in [0.5, 0.6) is 17.2 Å². The number of carbonyl (C=O) groups is 1. The van der Waals surface area contributed by atoms with Crippen molar-refractivity contribution in [1.82, 2.24) is 19.2 Å². The molecule has 9 heteroatoms. The molecular formula is C33H36N4O5. The first-order valence-electron chi connectivity index (χ1n) is 14.8. The number of carbonyl (C=O) groups excluding carboxylic acids is 1. The largest absolute Gasteiger partial charge is 0.493 e. The lowest BCUT2D eigenvalue weighted by atomic mass is 9.83. The lowest BCUT2D eigenvalue weighted by Crippen LogP contribution is -2.51. The first kappa shape index (κ1) is 26.8. The van der Waals surface area contributed by atoms with Gasteiger partial charge >= 0.3 is 0 Å². The molecule has 5 aromatic rings. The van der Waals surface area contributed by atoms with Gasteiger partial charge in [0.25, 0.3) is 11.5 Å². The predicted molar refractivity (Wildman–Crippen MR) is 163 cm³/mol. The minimum absolute atomic E-state index is 0.0435. The van der Waals surface area contributed by atoms with Gasteiger partial charge < -0.3 is 24.0 Å². The second-order valence-corrected chi connectivity index (χ2v) is 11.7. The number of methoxy groups -OCH3 is 2. The fraction of sp³-hybridized carbons (Fsp3) is 0.424. The number of rotatable bonds is 7. The van der Waals surface area contributed by atoms with Crippen LogP contribution in [0.4, 0.5) is 0 Å². The van der Waals surface area contributed by atoms with Crippen LogP contribution in [0.1, 0.15) is 32.1 Å². The van der Waals surface area contributed by atoms with E-state index in [1.165, 1.54) is 52.3 Å². The highest BCUT2D eigenvalue weighted by molar-refractivity contribution is 6.19. The van der Waals surface area contributed by atoms with Gasteiger partial charge in [-0.05, 0) is 75.0 Å². The van der Waals surface area contributed by atoms with Gasteiger partial charge in [0, 0.05) is 48.1 Å². The van der Waals surface area contributed by atoms with Crippen molar-refractivity contribution >= 4 is 44.0 Å². The van der Waals surface area contributed by atoms with Crippen molar-refractivity contribution in [3.63, 3.8) is 0 Å². The number of pyridine rings is 2. The van der Waals surface area contributed by atoms with Gasteiger partial charge in [-0.1, -0.05) is 6.42 Å². The van der Waals surface area contributed by atoms with Crippen molar-refractivity contribution < 1.29 is 19.0 Å². The zero-order valence-electron chi connectivity index (χ0n) is 24.4. The lowest BCUT2D eigenvalue weighted by Gasteiger charge is -2.45. The van der Waals surface area contributed by atoms with Crippen LogP contribution in [0.3, 0.4) is 0 Å². The van der Waals surface area contributed by atoms with Crippen molar-refractivity contribution in [3.8, 4) is 17.2 Å². The van der Waals surface area contributed by atoms with Gasteiger partial charge in [0.15, 0.2) is 18.1 Å². The van der Waals surface area contributed by atoms with E-state index in [0.29, 0.717) is 51.0 Å². The minimum Gasteiger partial charge on any atom is -0.493 e. The summed E-state index contributed by atoms with van der Waals surface area (Å²) in [6.45, 7) is 3.07. The molecule has 0 aliphatic carbocycles. The number of ether oxygens (including phenoxy) is 3. The van der Waals surface area contributed by atoms with Crippen LogP contribution in [0.25, 0.3) is 38.1 Å². The van der Waals surface area contributed by atoms with Crippen LogP contribution in [0, 0.1) is 5.92 Å². The fourth-order valence-corrected chi connectivity index (χ4v) is 7.39. The Hall–Kier alpha value is -4.11. The molecule has 218 valence electrons. The van der Waals surface area contributed by atoms with E-state index >= 15 is 0 Å². The second kappa shape index (κ2) is 10.6. The number of aromatic nitrogens is 2. The molecule has 42 heavy (non-hydrogen) atoms. The number of likely N-dealkylation sites (N-methyl/N-ethyl adjacent to an activating group) is 1. The first-order valence-corrected chi connectivity index (χ1v) is 14.8. The first-order chi connectivity index (χ1) is 20.5. The van der Waals surface area contributed by atoms with Gasteiger partial charge in [-0.3, -0.25) is 19.0 Å². The molecule has 2 aliphatic heterocycles. The third-order valence-corrected chi connectivity index (χ3v) is 9.39. The molecule has 2 unspecified atom stereocenters. The van der Waals surface area contributed by atoms with Gasteiger partial charge in [-0.25, -0.2) is 0 Å². The zero-order valence-corrected chi connectivity index (χ0v) is 24.4. The molecule has 9 nitrogen and oxygen atoms in total. The van der Waals surface area contributed by atoms with Gasteiger partial charge in [0.1, 0.15) is 5.75 Å². The summed E-state index contributed by atoms with van der Waals surface area (Å²) in [5.74, 6) is 1.86. The van der Waals surface area contributed by atoms with Crippen LogP contribution in [-0.4, -0.2) is 78.6 Å². The van der Waals surface area contributed by atoms with E-state index in [0.717, 1.165) is 22.8 Å². The maximum atomic E-state index is 14.1. The normalized spacial score (nSPS) is 19.4. The van der Waals surface area contributed by atoms with E-state index in [9.17, 15) is 9.59 Å². The average molecular weight is 569 g/mol. The van der Waals surface area contributed by atoms with Crippen LogP contribution in [0.2, 0.25) is 0 Å². The molecule has 0 saturated carbocycles. The van der Waals surface area contributed by atoms with Crippen molar-refractivity contribution in [3.05, 3.63) is 52.9 Å². The summed E-state index contributed by atoms with van der Waals surface area (Å²) in [6.07, 6.45) is 7.93. The standard InChI is InChI=1S/C33H36N4O5/c1-35(18-20-7-6-16-36-15-5-4-8-25(20)36)28(38)19-42-21-9-10-22-23-13-14-34-30-24-11-12-27(40-2)32(41-3)29(24)33(39)37(31(23)30)26(22)17-21/h9-14,17,20,25H,4-8,15-16,18-19H2,1-3H3. The molecule has 5 heterocycles. The molecule has 7 rings (SSSR count). The summed E-state index contributed by atoms with van der Waals surface area (Å²) in [5.41, 5.74) is 1.92. The molecule has 2 atom stereocenters. The van der Waals surface area contributed by atoms with Crippen LogP contribution in [-0.2, 0) is 4.79 Å². The maximum absolute atomic E-state index is 14.1. The Kier molecular flexibility index (Phi) is 6.77. The number of piperidine rings is 2. The van der Waals surface area contributed by atoms with E-state index in [-0.39, 0.29) is 18.1 Å². The zero-order chi connectivity index (χ0) is 29.0. The number of hydrogen-bond donors (Lipinski definition) is 0. The number of fused-ring (bicyclic) bond motifs is 6. The average Bonchev–Trinajstić information content (AvgIpc) is 3.36. The summed E-state index contributed by atoms with van der Waals surface area (Å²) in [5, 5.41) is 2.95. The monoisotopic (exact) mass is 568 g/mol. The number of amides is 1. The van der Waals surface area contributed by atoms with Crippen LogP contribution in [0.15, 0.2) is 47.4 Å². The molecule has 2 saturated heterocycles. The van der Waals surface area contributed by atoms with E-state index < -0.39 is 0 Å². The SMILES string of the molecule is COc1ccc2c(c1OC)c(=O)n1c3cc(OCC(=O)N(C)CC4CCCN5CCCCC45)ccc3c3ccnc2c31. The number of hydrogen-bond acceptors (Lipinski definition) is 7. The Balaban J connectivity index is 1.20. The summed E-state index contributed by atoms with van der Waals surface area (Å²) in [6, 6.07) is 11.8. The quantitative estimate of drug-likeness (QED) is 0.263. The molecular weight excluding hydrogens is 532 g/mol. The summed E-state index contributed by atoms with van der Waals surface area (Å²) >= 11 is 0. The topological polar surface area (TPSA) is 85.6 Å². The van der Waals surface area contributed by atoms with E-state index in [2.05, 4.69) is 9.88 Å². The number of benzene rings is 2. The molecule has 2 fully saturated rings. The Morgan fingerprint density at radius 2 is 1.83 bits per heavy atom. The molecule has 3 aromatic heterocycles. The third kappa shape index (κ3) is 4.21. The summed E-state index contributed by atoms with van der Waals surface area (Å²) in [7, 11) is 4.96. The Morgan fingerprint density at radius 3 is 2.67 bits per heavy atom. The van der Waals surface area contributed by atoms with Crippen molar-refractivity contribution in [2.45, 2.75) is 38.1 Å². The highest BCUT2D eigenvalue weighted by atomic mass is 16.5. The highest BCUT2D eigenvalue weighted by Crippen LogP contribution is 2.39. The minimum atomic E-state index is -0.224. The Labute approximate surface area is 243 Å². The van der Waals surface area contributed by atoms with Gasteiger partial charge in [-0.2, -0.15) is 0 Å². The van der Waals surface area contributed by atoms with Gasteiger partial charge in [0.05, 0.1) is 36.2 Å². The van der Waals surface area contributed by atoms with Gasteiger partial charge in [0.2, 0.25) is 0 Å². The second-order valence-electron chi connectivity index (χ2n) is 11.7. The van der Waals surface area contributed by atoms with E-state index in [1.54, 1.807) is 23.8 Å². The lowest BCUT2D eigenvalue weighted by molar-refractivity contribution is -0.133. The maximum Gasteiger partial charge on any atom is 0.267 e. The fourth-order valence-electron chi connectivity index (χ4n) is 7.39. The van der Waals surface area contributed by atoms with Crippen molar-refractivity contribution in [2.24, 2.45) is 5.92 Å². The Morgan fingerprint density at radius 1 is 1.00 bits per heavy atom. The molecule has 0 radical (unpaired) electrons. The third-order valence-electron chi connectivity index (χ3n) is 9.39. The van der Waals surface area contributed by atoms with Gasteiger partial charge in [-0.15, -0.1) is 0 Å². The molecule has 1 amide bonds. The molecule has 2 aromatic carbocycles. The predicted octanol–water partition coefficient (Wildman–Crippen LogP) is 4.71. The highest BCUT2D eigenvalue weighted by Gasteiger charge is 2.34. The molecule has 2 aliphatic rings. The van der Waals surface area contributed by atoms with Crippen molar-refractivity contribution in [2.75, 3.05) is 47.5 Å².